The van der Waals surface area contributed by atoms with Gasteiger partial charge >= 0.3 is 5.69 Å². The van der Waals surface area contributed by atoms with Crippen LogP contribution < -0.4 is 11.2 Å². The molecule has 0 spiro atoms. The van der Waals surface area contributed by atoms with Crippen LogP contribution in [0.25, 0.3) is 0 Å². The van der Waals surface area contributed by atoms with Crippen LogP contribution in [0.3, 0.4) is 0 Å². The first kappa shape index (κ1) is 13.3. The predicted molar refractivity (Wildman–Crippen MR) is 73.8 cm³/mol. The molecule has 2 aromatic rings. The Kier molecular flexibility index (Phi) is 3.58. The Balaban J connectivity index is 2.57. The Hall–Kier alpha value is -1.15. The summed E-state index contributed by atoms with van der Waals surface area (Å²) in [6.07, 6.45) is 1.34. The molecule has 0 bridgehead atoms. The van der Waals surface area contributed by atoms with Crippen LogP contribution in [-0.4, -0.2) is 19.3 Å². The van der Waals surface area contributed by atoms with Crippen LogP contribution in [0, 0.1) is 6.92 Å². The lowest BCUT2D eigenvalue weighted by atomic mass is 10.3. The summed E-state index contributed by atoms with van der Waals surface area (Å²) in [4.78, 5) is 26.0. The summed E-state index contributed by atoms with van der Waals surface area (Å²) in [5.41, 5.74) is 0.753. The molecular weight excluding hydrogens is 368 g/mol. The molecule has 6 nitrogen and oxygen atoms in total. The fourth-order valence-electron chi connectivity index (χ4n) is 1.63. The number of aryl methyl sites for hydroxylation is 2. The van der Waals surface area contributed by atoms with Crippen LogP contribution in [0.4, 0.5) is 0 Å². The summed E-state index contributed by atoms with van der Waals surface area (Å²) >= 11 is 6.50. The molecule has 0 saturated heterocycles. The number of hydrogen-bond donors (Lipinski definition) is 1. The molecule has 0 atom stereocenters. The zero-order chi connectivity index (χ0) is 13.4. The van der Waals surface area contributed by atoms with Crippen LogP contribution >= 0.6 is 31.9 Å². The van der Waals surface area contributed by atoms with E-state index in [0.29, 0.717) is 4.47 Å². The quantitative estimate of drug-likeness (QED) is 0.853. The summed E-state index contributed by atoms with van der Waals surface area (Å²) in [6, 6.07) is 0. The molecule has 2 rings (SSSR count). The molecule has 0 aliphatic carbocycles. The molecule has 0 amide bonds. The summed E-state index contributed by atoms with van der Waals surface area (Å²) < 4.78 is 3.88. The summed E-state index contributed by atoms with van der Waals surface area (Å²) in [7, 11) is 1.77. The SMILES string of the molecule is Cc1nn(C)c(Cn2c(=O)[nH]cc(Br)c2=O)c1Br. The van der Waals surface area contributed by atoms with Crippen molar-refractivity contribution in [2.24, 2.45) is 7.05 Å². The second-order valence-corrected chi connectivity index (χ2v) is 5.45. The Morgan fingerprint density at radius 1 is 1.39 bits per heavy atom. The van der Waals surface area contributed by atoms with Gasteiger partial charge in [0.05, 0.1) is 26.9 Å². The normalized spacial score (nSPS) is 10.9. The Bertz CT molecular complexity index is 714. The van der Waals surface area contributed by atoms with Crippen LogP contribution in [-0.2, 0) is 13.6 Å². The molecule has 0 aromatic carbocycles. The van der Waals surface area contributed by atoms with Crippen molar-refractivity contribution in [1.29, 1.82) is 0 Å². The molecular formula is C10H10Br2N4O2. The number of aromatic amines is 1. The molecule has 2 aromatic heterocycles. The number of H-pyrrole nitrogens is 1. The van der Waals surface area contributed by atoms with Gasteiger partial charge in [-0.15, -0.1) is 0 Å². The van der Waals surface area contributed by atoms with E-state index in [0.717, 1.165) is 20.4 Å². The van der Waals surface area contributed by atoms with E-state index in [4.69, 9.17) is 0 Å². The van der Waals surface area contributed by atoms with E-state index in [2.05, 4.69) is 41.9 Å². The van der Waals surface area contributed by atoms with Crippen LogP contribution in [0.15, 0.2) is 24.7 Å². The van der Waals surface area contributed by atoms with Gasteiger partial charge in [0.1, 0.15) is 0 Å². The van der Waals surface area contributed by atoms with Crippen molar-refractivity contribution in [2.45, 2.75) is 13.5 Å². The molecule has 0 unspecified atom stereocenters. The van der Waals surface area contributed by atoms with E-state index in [9.17, 15) is 9.59 Å². The maximum atomic E-state index is 11.9. The van der Waals surface area contributed by atoms with Gasteiger partial charge in [0.2, 0.25) is 0 Å². The fraction of sp³-hybridized carbons (Fsp3) is 0.300. The number of halogens is 2. The Morgan fingerprint density at radius 3 is 2.61 bits per heavy atom. The third kappa shape index (κ3) is 2.22. The lowest BCUT2D eigenvalue weighted by molar-refractivity contribution is 0.623. The summed E-state index contributed by atoms with van der Waals surface area (Å²) in [5.74, 6) is 0. The summed E-state index contributed by atoms with van der Waals surface area (Å²) in [5, 5.41) is 4.22. The van der Waals surface area contributed by atoms with Crippen molar-refractivity contribution >= 4 is 31.9 Å². The highest BCUT2D eigenvalue weighted by molar-refractivity contribution is 9.10. The zero-order valence-electron chi connectivity index (χ0n) is 9.70. The maximum Gasteiger partial charge on any atom is 0.328 e. The Morgan fingerprint density at radius 2 is 2.06 bits per heavy atom. The second kappa shape index (κ2) is 4.85. The first-order valence-corrected chi connectivity index (χ1v) is 6.66. The second-order valence-electron chi connectivity index (χ2n) is 3.80. The van der Waals surface area contributed by atoms with Crippen molar-refractivity contribution in [3.8, 4) is 0 Å². The molecule has 18 heavy (non-hydrogen) atoms. The van der Waals surface area contributed by atoms with Crippen molar-refractivity contribution in [1.82, 2.24) is 19.3 Å². The van der Waals surface area contributed by atoms with Crippen LogP contribution in [0.5, 0.6) is 0 Å². The zero-order valence-corrected chi connectivity index (χ0v) is 12.9. The molecule has 0 radical (unpaired) electrons. The van der Waals surface area contributed by atoms with Crippen LogP contribution in [0.2, 0.25) is 0 Å². The molecule has 0 saturated carbocycles. The van der Waals surface area contributed by atoms with E-state index in [1.165, 1.54) is 6.20 Å². The first-order chi connectivity index (χ1) is 8.41. The van der Waals surface area contributed by atoms with Gasteiger partial charge in [0, 0.05) is 13.2 Å². The Labute approximate surface area is 119 Å². The largest absolute Gasteiger partial charge is 0.328 e. The number of nitrogens with one attached hydrogen (secondary N) is 1. The average Bonchev–Trinajstić information content (AvgIpc) is 2.55. The molecule has 8 heteroatoms. The number of aromatic nitrogens is 4. The van der Waals surface area contributed by atoms with Gasteiger partial charge < -0.3 is 4.98 Å². The lowest BCUT2D eigenvalue weighted by Gasteiger charge is -2.06. The van der Waals surface area contributed by atoms with E-state index in [-0.39, 0.29) is 12.1 Å². The molecule has 2 heterocycles. The highest BCUT2D eigenvalue weighted by Crippen LogP contribution is 2.20. The van der Waals surface area contributed by atoms with Gasteiger partial charge in [-0.1, -0.05) is 0 Å². The highest BCUT2D eigenvalue weighted by Gasteiger charge is 2.14. The number of nitrogens with zero attached hydrogens (tertiary/aromatic N) is 3. The van der Waals surface area contributed by atoms with Crippen LogP contribution in [0.1, 0.15) is 11.4 Å². The van der Waals surface area contributed by atoms with Gasteiger partial charge in [-0.3, -0.25) is 14.0 Å². The van der Waals surface area contributed by atoms with Crippen molar-refractivity contribution in [2.75, 3.05) is 0 Å². The topological polar surface area (TPSA) is 72.7 Å². The number of rotatable bonds is 2. The molecule has 0 aliphatic rings. The standard InChI is InChI=1S/C10H10Br2N4O2/c1-5-8(12)7(15(2)14-5)4-16-9(17)6(11)3-13-10(16)18/h3H,4H2,1-2H3,(H,13,18). The minimum absolute atomic E-state index is 0.158. The van der Waals surface area contributed by atoms with E-state index < -0.39 is 5.69 Å². The van der Waals surface area contributed by atoms with Crippen molar-refractivity contribution in [3.05, 3.63) is 47.4 Å². The van der Waals surface area contributed by atoms with E-state index in [1.807, 2.05) is 6.92 Å². The predicted octanol–water partition coefficient (Wildman–Crippen LogP) is 1.15. The maximum absolute atomic E-state index is 11.9. The monoisotopic (exact) mass is 376 g/mol. The van der Waals surface area contributed by atoms with Gasteiger partial charge in [-0.05, 0) is 38.8 Å². The molecule has 0 fully saturated rings. The van der Waals surface area contributed by atoms with Crippen molar-refractivity contribution in [3.63, 3.8) is 0 Å². The van der Waals surface area contributed by atoms with E-state index >= 15 is 0 Å². The fourth-order valence-corrected chi connectivity index (χ4v) is 2.42. The van der Waals surface area contributed by atoms with Crippen molar-refractivity contribution < 1.29 is 0 Å². The van der Waals surface area contributed by atoms with Gasteiger partial charge in [0.15, 0.2) is 0 Å². The molecule has 0 aliphatic heterocycles. The van der Waals surface area contributed by atoms with Gasteiger partial charge in [0.25, 0.3) is 5.56 Å². The third-order valence-electron chi connectivity index (χ3n) is 2.59. The highest BCUT2D eigenvalue weighted by atomic mass is 79.9. The minimum Gasteiger partial charge on any atom is -0.313 e. The van der Waals surface area contributed by atoms with E-state index in [1.54, 1.807) is 11.7 Å². The third-order valence-corrected chi connectivity index (χ3v) is 4.19. The smallest absolute Gasteiger partial charge is 0.313 e. The molecule has 96 valence electrons. The summed E-state index contributed by atoms with van der Waals surface area (Å²) in [6.45, 7) is 2.01. The average molecular weight is 378 g/mol. The lowest BCUT2D eigenvalue weighted by Crippen LogP contribution is -2.35. The minimum atomic E-state index is -0.450. The molecule has 1 N–H and O–H groups in total. The number of hydrogen-bond acceptors (Lipinski definition) is 3. The van der Waals surface area contributed by atoms with Gasteiger partial charge in [-0.25, -0.2) is 4.79 Å². The first-order valence-electron chi connectivity index (χ1n) is 5.07. The van der Waals surface area contributed by atoms with Gasteiger partial charge in [-0.2, -0.15) is 5.10 Å².